The number of nitrogens with zero attached hydrogens (tertiary/aromatic N) is 3. The van der Waals surface area contributed by atoms with E-state index in [4.69, 9.17) is 0 Å². The molecule has 1 saturated heterocycles. The first-order valence-corrected chi connectivity index (χ1v) is 6.69. The fourth-order valence-corrected chi connectivity index (χ4v) is 2.53. The zero-order valence-electron chi connectivity index (χ0n) is 11.9. The van der Waals surface area contributed by atoms with E-state index in [1.165, 1.54) is 4.90 Å². The van der Waals surface area contributed by atoms with E-state index in [0.717, 1.165) is 11.3 Å². The number of carbonyl (C=O) groups excluding carboxylic acids is 2. The van der Waals surface area contributed by atoms with E-state index < -0.39 is 5.54 Å². The van der Waals surface area contributed by atoms with E-state index in [2.05, 4.69) is 10.4 Å². The van der Waals surface area contributed by atoms with E-state index in [-0.39, 0.29) is 18.5 Å². The standard InChI is InChI=1S/C15H16N4O2/c1-15(11-6-4-3-5-7-11)13(20)19(14(21)17-15)10-12-8-9-16-18(12)2/h3-9H,10H2,1-2H3,(H,17,21)/t15-/m0/s1. The predicted molar refractivity (Wildman–Crippen MR) is 76.1 cm³/mol. The lowest BCUT2D eigenvalue weighted by Crippen LogP contribution is -2.40. The Morgan fingerprint density at radius 1 is 1.19 bits per heavy atom. The van der Waals surface area contributed by atoms with E-state index >= 15 is 0 Å². The van der Waals surface area contributed by atoms with Crippen molar-refractivity contribution < 1.29 is 9.59 Å². The number of urea groups is 1. The van der Waals surface area contributed by atoms with Gasteiger partial charge in [-0.2, -0.15) is 5.10 Å². The largest absolute Gasteiger partial charge is 0.325 e. The topological polar surface area (TPSA) is 67.2 Å². The molecule has 1 fully saturated rings. The molecule has 1 aromatic heterocycles. The van der Waals surface area contributed by atoms with Crippen molar-refractivity contribution in [3.05, 3.63) is 53.9 Å². The Balaban J connectivity index is 1.91. The van der Waals surface area contributed by atoms with Gasteiger partial charge in [0.25, 0.3) is 5.91 Å². The number of nitrogens with one attached hydrogen (secondary N) is 1. The quantitative estimate of drug-likeness (QED) is 0.866. The van der Waals surface area contributed by atoms with Crippen LogP contribution < -0.4 is 5.32 Å². The molecule has 1 atom stereocenters. The lowest BCUT2D eigenvalue weighted by atomic mass is 9.92. The molecule has 0 spiro atoms. The highest BCUT2D eigenvalue weighted by molar-refractivity contribution is 6.07. The van der Waals surface area contributed by atoms with Gasteiger partial charge < -0.3 is 5.32 Å². The van der Waals surface area contributed by atoms with Gasteiger partial charge in [0.05, 0.1) is 12.2 Å². The maximum atomic E-state index is 12.7. The van der Waals surface area contributed by atoms with Crippen LogP contribution in [0.5, 0.6) is 0 Å². The highest BCUT2D eigenvalue weighted by Gasteiger charge is 2.48. The normalized spacial score (nSPS) is 21.7. The van der Waals surface area contributed by atoms with Crippen LogP contribution in [0.25, 0.3) is 0 Å². The molecular formula is C15H16N4O2. The van der Waals surface area contributed by atoms with Crippen LogP contribution in [-0.4, -0.2) is 26.6 Å². The van der Waals surface area contributed by atoms with Gasteiger partial charge in [-0.3, -0.25) is 14.4 Å². The lowest BCUT2D eigenvalue weighted by molar-refractivity contribution is -0.131. The van der Waals surface area contributed by atoms with Crippen LogP contribution in [0.2, 0.25) is 0 Å². The van der Waals surface area contributed by atoms with Gasteiger partial charge in [-0.15, -0.1) is 0 Å². The first-order valence-electron chi connectivity index (χ1n) is 6.69. The Kier molecular flexibility index (Phi) is 3.01. The van der Waals surface area contributed by atoms with Gasteiger partial charge in [0, 0.05) is 13.2 Å². The Hall–Kier alpha value is -2.63. The summed E-state index contributed by atoms with van der Waals surface area (Å²) in [5.74, 6) is -0.250. The average molecular weight is 284 g/mol. The third kappa shape index (κ3) is 2.08. The van der Waals surface area contributed by atoms with Crippen molar-refractivity contribution in [3.63, 3.8) is 0 Å². The number of rotatable bonds is 3. The molecule has 1 aliphatic rings. The molecule has 1 N–H and O–H groups in total. The summed E-state index contributed by atoms with van der Waals surface area (Å²) in [5.41, 5.74) is 0.559. The fourth-order valence-electron chi connectivity index (χ4n) is 2.53. The van der Waals surface area contributed by atoms with Crippen LogP contribution in [0, 0.1) is 0 Å². The number of imide groups is 1. The molecule has 108 valence electrons. The number of aromatic nitrogens is 2. The van der Waals surface area contributed by atoms with E-state index in [1.807, 2.05) is 30.3 Å². The maximum Gasteiger partial charge on any atom is 0.325 e. The third-order valence-corrected chi connectivity index (χ3v) is 3.87. The van der Waals surface area contributed by atoms with E-state index in [0.29, 0.717) is 0 Å². The summed E-state index contributed by atoms with van der Waals surface area (Å²) < 4.78 is 1.65. The minimum absolute atomic E-state index is 0.212. The summed E-state index contributed by atoms with van der Waals surface area (Å²) in [6.07, 6.45) is 1.64. The lowest BCUT2D eigenvalue weighted by Gasteiger charge is -2.22. The molecule has 2 aromatic rings. The molecule has 6 nitrogen and oxygen atoms in total. The van der Waals surface area contributed by atoms with Crippen molar-refractivity contribution in [2.75, 3.05) is 0 Å². The Morgan fingerprint density at radius 2 is 1.90 bits per heavy atom. The summed E-state index contributed by atoms with van der Waals surface area (Å²) in [6, 6.07) is 10.7. The van der Waals surface area contributed by atoms with Crippen molar-refractivity contribution in [2.24, 2.45) is 7.05 Å². The Labute approximate surface area is 122 Å². The van der Waals surface area contributed by atoms with Crippen molar-refractivity contribution in [1.29, 1.82) is 0 Å². The van der Waals surface area contributed by atoms with Crippen molar-refractivity contribution in [2.45, 2.75) is 19.0 Å². The van der Waals surface area contributed by atoms with Gasteiger partial charge >= 0.3 is 6.03 Å². The van der Waals surface area contributed by atoms with Gasteiger partial charge in [-0.1, -0.05) is 30.3 Å². The molecule has 0 unspecified atom stereocenters. The second-order valence-electron chi connectivity index (χ2n) is 5.26. The third-order valence-electron chi connectivity index (χ3n) is 3.87. The van der Waals surface area contributed by atoms with Crippen molar-refractivity contribution in [3.8, 4) is 0 Å². The molecule has 0 saturated carbocycles. The van der Waals surface area contributed by atoms with Crippen LogP contribution in [0.4, 0.5) is 4.79 Å². The molecule has 1 aromatic carbocycles. The molecule has 3 amide bonds. The number of hydrogen-bond acceptors (Lipinski definition) is 3. The van der Waals surface area contributed by atoms with Crippen molar-refractivity contribution in [1.82, 2.24) is 20.0 Å². The zero-order valence-corrected chi connectivity index (χ0v) is 11.9. The SMILES string of the molecule is Cn1nccc1CN1C(=O)N[C@@](C)(c2ccccc2)C1=O. The van der Waals surface area contributed by atoms with Crippen LogP contribution in [0.1, 0.15) is 18.2 Å². The van der Waals surface area contributed by atoms with Crippen molar-refractivity contribution >= 4 is 11.9 Å². The van der Waals surface area contributed by atoms with Crippen LogP contribution >= 0.6 is 0 Å². The van der Waals surface area contributed by atoms with Gasteiger partial charge in [0.1, 0.15) is 5.54 Å². The molecular weight excluding hydrogens is 268 g/mol. The monoisotopic (exact) mass is 284 g/mol. The summed E-state index contributed by atoms with van der Waals surface area (Å²) in [5, 5.41) is 6.84. The fraction of sp³-hybridized carbons (Fsp3) is 0.267. The smallest absolute Gasteiger partial charge is 0.319 e. The zero-order chi connectivity index (χ0) is 15.0. The number of hydrogen-bond donors (Lipinski definition) is 1. The highest BCUT2D eigenvalue weighted by Crippen LogP contribution is 2.29. The Bertz CT molecular complexity index is 695. The summed E-state index contributed by atoms with van der Waals surface area (Å²) in [7, 11) is 1.78. The first-order chi connectivity index (χ1) is 10.0. The van der Waals surface area contributed by atoms with Gasteiger partial charge in [-0.25, -0.2) is 4.79 Å². The second kappa shape index (κ2) is 4.73. The molecule has 6 heteroatoms. The number of amides is 3. The number of aryl methyl sites for hydroxylation is 1. The Morgan fingerprint density at radius 3 is 2.52 bits per heavy atom. The van der Waals surface area contributed by atoms with Crippen LogP contribution in [0.3, 0.4) is 0 Å². The molecule has 2 heterocycles. The summed E-state index contributed by atoms with van der Waals surface area (Å²) in [4.78, 5) is 26.1. The molecule has 0 radical (unpaired) electrons. The molecule has 0 bridgehead atoms. The van der Waals surface area contributed by atoms with E-state index in [1.54, 1.807) is 30.9 Å². The molecule has 0 aliphatic carbocycles. The summed E-state index contributed by atoms with van der Waals surface area (Å²) in [6.45, 7) is 1.94. The molecule has 1 aliphatic heterocycles. The molecule has 21 heavy (non-hydrogen) atoms. The minimum Gasteiger partial charge on any atom is -0.319 e. The number of benzene rings is 1. The maximum absolute atomic E-state index is 12.7. The summed E-state index contributed by atoms with van der Waals surface area (Å²) >= 11 is 0. The highest BCUT2D eigenvalue weighted by atomic mass is 16.2. The number of carbonyl (C=O) groups is 2. The second-order valence-corrected chi connectivity index (χ2v) is 5.26. The predicted octanol–water partition coefficient (Wildman–Crippen LogP) is 1.39. The minimum atomic E-state index is -1.02. The van der Waals surface area contributed by atoms with Crippen LogP contribution in [-0.2, 0) is 23.9 Å². The first kappa shape index (κ1) is 13.4. The molecule has 3 rings (SSSR count). The van der Waals surface area contributed by atoms with Gasteiger partial charge in [0.15, 0.2) is 0 Å². The van der Waals surface area contributed by atoms with Gasteiger partial charge in [-0.05, 0) is 18.6 Å². The van der Waals surface area contributed by atoms with E-state index in [9.17, 15) is 9.59 Å². The van der Waals surface area contributed by atoms with Gasteiger partial charge in [0.2, 0.25) is 0 Å². The average Bonchev–Trinajstić information content (AvgIpc) is 2.98. The van der Waals surface area contributed by atoms with Crippen LogP contribution in [0.15, 0.2) is 42.6 Å².